The molecule has 2 rings (SSSR count). The summed E-state index contributed by atoms with van der Waals surface area (Å²) < 4.78 is 4.07. The van der Waals surface area contributed by atoms with Crippen LogP contribution < -0.4 is 22.3 Å². The zero-order chi connectivity index (χ0) is 18.1. The van der Waals surface area contributed by atoms with Gasteiger partial charge in [-0.2, -0.15) is 5.11 Å². The topological polar surface area (TPSA) is 124 Å². The summed E-state index contributed by atoms with van der Waals surface area (Å²) in [6.07, 6.45) is 7.45. The lowest BCUT2D eigenvalue weighted by molar-refractivity contribution is -0.757. The normalized spacial score (nSPS) is 12.8. The monoisotopic (exact) mass is 383 g/mol. The summed E-state index contributed by atoms with van der Waals surface area (Å²) in [6.45, 7) is 2.51. The Kier molecular flexibility index (Phi) is 9.20. The Hall–Kier alpha value is -2.56. The summed E-state index contributed by atoms with van der Waals surface area (Å²) in [5.41, 5.74) is 0. The van der Waals surface area contributed by atoms with Gasteiger partial charge >= 0.3 is 0 Å². The predicted octanol–water partition coefficient (Wildman–Crippen LogP) is -2.92. The molecule has 0 fully saturated rings. The number of pyridine rings is 1. The number of nitrogens with zero attached hydrogens (tertiary/aromatic N) is 7. The van der Waals surface area contributed by atoms with Crippen molar-refractivity contribution in [2.45, 2.75) is 26.1 Å². The largest absolute Gasteiger partial charge is 1.00 e. The Bertz CT molecular complexity index is 780. The van der Waals surface area contributed by atoms with Crippen LogP contribution in [0.3, 0.4) is 0 Å². The molecule has 2 heterocycles. The highest BCUT2D eigenvalue weighted by Gasteiger charge is 2.12. The van der Waals surface area contributed by atoms with Gasteiger partial charge in [-0.3, -0.25) is 0 Å². The number of rotatable bonds is 7. The number of hydrogen-bond acceptors (Lipinski definition) is 6. The van der Waals surface area contributed by atoms with Crippen LogP contribution >= 0.6 is 0 Å². The fourth-order valence-corrected chi connectivity index (χ4v) is 1.88. The van der Waals surface area contributed by atoms with Crippen molar-refractivity contribution < 1.29 is 32.4 Å². The van der Waals surface area contributed by atoms with Crippen LogP contribution in [0.2, 0.25) is 0 Å². The fourth-order valence-electron chi connectivity index (χ4n) is 1.88. The van der Waals surface area contributed by atoms with Gasteiger partial charge in [0, 0.05) is 25.4 Å². The van der Waals surface area contributed by atoms with Crippen molar-refractivity contribution in [1.29, 1.82) is 0 Å². The quantitative estimate of drug-likeness (QED) is 0.118. The van der Waals surface area contributed by atoms with E-state index in [0.717, 1.165) is 4.73 Å². The van der Waals surface area contributed by atoms with Crippen LogP contribution in [0.4, 0.5) is 0 Å². The van der Waals surface area contributed by atoms with E-state index in [-0.39, 0.29) is 25.6 Å². The first-order chi connectivity index (χ1) is 12.1. The second-order valence-electron chi connectivity index (χ2n) is 5.13. The van der Waals surface area contributed by atoms with E-state index in [4.69, 9.17) is 10.3 Å². The zero-order valence-electron chi connectivity index (χ0n) is 14.3. The van der Waals surface area contributed by atoms with E-state index in [0.29, 0.717) is 24.2 Å². The van der Waals surface area contributed by atoms with Crippen molar-refractivity contribution in [2.24, 2.45) is 20.4 Å². The number of aromatic nitrogens is 3. The molecule has 0 radical (unpaired) electrons. The molecule has 1 atom stereocenters. The molecular formula is C15H22ClN7O3. The second kappa shape index (κ2) is 11.1. The van der Waals surface area contributed by atoms with E-state index in [9.17, 15) is 5.11 Å². The summed E-state index contributed by atoms with van der Waals surface area (Å²) >= 11 is 0. The highest BCUT2D eigenvalue weighted by molar-refractivity contribution is 5.81. The van der Waals surface area contributed by atoms with Crippen LogP contribution in [0.5, 0.6) is 0 Å². The van der Waals surface area contributed by atoms with E-state index in [1.807, 2.05) is 11.5 Å². The first-order valence-electron chi connectivity index (χ1n) is 7.83. The van der Waals surface area contributed by atoms with Gasteiger partial charge in [-0.05, 0) is 12.1 Å². The maximum Gasteiger partial charge on any atom is 0.286 e. The van der Waals surface area contributed by atoms with Crippen molar-refractivity contribution in [3.05, 3.63) is 48.6 Å². The summed E-state index contributed by atoms with van der Waals surface area (Å²) in [5.74, 6) is 0.434. The Labute approximate surface area is 156 Å². The molecule has 142 valence electrons. The highest BCUT2D eigenvalue weighted by atomic mass is 35.5. The number of amidine groups is 1. The average molecular weight is 384 g/mol. The maximum absolute atomic E-state index is 9.90. The van der Waals surface area contributed by atoms with Crippen molar-refractivity contribution >= 4 is 5.84 Å². The lowest BCUT2D eigenvalue weighted by Crippen LogP contribution is -3.00. The van der Waals surface area contributed by atoms with Gasteiger partial charge in [-0.25, -0.2) is 4.57 Å². The van der Waals surface area contributed by atoms with Gasteiger partial charge < -0.3 is 32.4 Å². The molecule has 26 heavy (non-hydrogen) atoms. The number of aliphatic hydroxyl groups is 2. The van der Waals surface area contributed by atoms with E-state index in [2.05, 4.69) is 20.4 Å². The maximum atomic E-state index is 9.90. The van der Waals surface area contributed by atoms with Gasteiger partial charge in [0.1, 0.15) is 12.7 Å². The molecule has 11 heteroatoms. The zero-order valence-corrected chi connectivity index (χ0v) is 15.1. The Morgan fingerprint density at radius 1 is 1.27 bits per heavy atom. The van der Waals surface area contributed by atoms with Gasteiger partial charge in [0.2, 0.25) is 6.23 Å². The third-order valence-corrected chi connectivity index (χ3v) is 3.25. The average Bonchev–Trinajstić information content (AvgIpc) is 3.06. The molecule has 0 aliphatic carbocycles. The first-order valence-corrected chi connectivity index (χ1v) is 7.83. The summed E-state index contributed by atoms with van der Waals surface area (Å²) in [5, 5.41) is 44.6. The van der Waals surface area contributed by atoms with Crippen molar-refractivity contribution in [1.82, 2.24) is 9.30 Å². The molecule has 0 amide bonds. The molecule has 3 N–H and O–H groups in total. The summed E-state index contributed by atoms with van der Waals surface area (Å²) in [4.78, 5) is 0. The van der Waals surface area contributed by atoms with Gasteiger partial charge in [0.15, 0.2) is 12.0 Å². The second-order valence-corrected chi connectivity index (χ2v) is 5.13. The van der Waals surface area contributed by atoms with Gasteiger partial charge in [0.05, 0.1) is 12.0 Å². The molecule has 0 spiro atoms. The van der Waals surface area contributed by atoms with Crippen LogP contribution in [0.25, 0.3) is 0 Å². The minimum atomic E-state index is -0.928. The van der Waals surface area contributed by atoms with Crippen molar-refractivity contribution in [2.75, 3.05) is 13.2 Å². The molecular weight excluding hydrogens is 362 g/mol. The standard InChI is InChI=1S/C15H22N7O3.ClH/c1-2-14(18-16-11-15(24)21-7-8-22(25)12-21)19-17-13-3-5-20(6-4-13)9-10-23;/h3-8,12,15,23-25H,2,9-11H2,1H3;1H/q+1;/p-1. The predicted molar refractivity (Wildman–Crippen MR) is 87.6 cm³/mol. The number of hydrogen-bond donors (Lipinski definition) is 3. The fraction of sp³-hybridized carbons (Fsp3) is 0.400. The molecule has 10 nitrogen and oxygen atoms in total. The van der Waals surface area contributed by atoms with E-state index < -0.39 is 6.23 Å². The molecule has 0 aliphatic heterocycles. The van der Waals surface area contributed by atoms with E-state index >= 15 is 0 Å². The van der Waals surface area contributed by atoms with E-state index in [1.54, 1.807) is 24.5 Å². The van der Waals surface area contributed by atoms with Crippen LogP contribution in [-0.2, 0) is 6.54 Å². The SMILES string of the molecule is CCC(N=NCC(O)[n+]1ccn(O)c1)=NN=c1ccn(CCO)cc1.[Cl-]. The molecule has 0 bridgehead atoms. The third kappa shape index (κ3) is 6.75. The van der Waals surface area contributed by atoms with Crippen LogP contribution in [-0.4, -0.2) is 43.7 Å². The molecule has 0 aromatic carbocycles. The first kappa shape index (κ1) is 21.5. The smallest absolute Gasteiger partial charge is 0.286 e. The van der Waals surface area contributed by atoms with Crippen LogP contribution in [0, 0.1) is 0 Å². The Morgan fingerprint density at radius 3 is 2.58 bits per heavy atom. The summed E-state index contributed by atoms with van der Waals surface area (Å²) in [7, 11) is 0. The number of imidazole rings is 1. The molecule has 2 aromatic heterocycles. The Morgan fingerprint density at radius 2 is 2.00 bits per heavy atom. The number of azo groups is 1. The molecule has 0 saturated carbocycles. The van der Waals surface area contributed by atoms with Gasteiger partial charge in [-0.15, -0.1) is 15.3 Å². The lowest BCUT2D eigenvalue weighted by atomic mass is 10.4. The third-order valence-electron chi connectivity index (χ3n) is 3.25. The highest BCUT2D eigenvalue weighted by Crippen LogP contribution is 1.96. The molecule has 0 saturated heterocycles. The molecule has 1 unspecified atom stereocenters. The van der Waals surface area contributed by atoms with Gasteiger partial charge in [0.25, 0.3) is 6.33 Å². The molecule has 0 aliphatic rings. The summed E-state index contributed by atoms with van der Waals surface area (Å²) in [6, 6.07) is 3.56. The van der Waals surface area contributed by atoms with Crippen molar-refractivity contribution in [3.8, 4) is 0 Å². The van der Waals surface area contributed by atoms with Gasteiger partial charge in [-0.1, -0.05) is 11.7 Å². The number of halogens is 1. The minimum Gasteiger partial charge on any atom is -1.00 e. The lowest BCUT2D eigenvalue weighted by Gasteiger charge is -2.01. The minimum absolute atomic E-state index is 0. The van der Waals surface area contributed by atoms with E-state index in [1.165, 1.54) is 23.3 Å². The Balaban J connectivity index is 0.00000338. The number of aliphatic hydroxyl groups excluding tert-OH is 2. The van der Waals surface area contributed by atoms with Crippen molar-refractivity contribution in [3.63, 3.8) is 0 Å². The molecule has 2 aromatic rings. The van der Waals surface area contributed by atoms with Crippen LogP contribution in [0.1, 0.15) is 19.6 Å². The van der Waals surface area contributed by atoms with Crippen LogP contribution in [0.15, 0.2) is 63.7 Å².